The van der Waals surface area contributed by atoms with Crippen LogP contribution >= 0.6 is 11.6 Å². The quantitative estimate of drug-likeness (QED) is 0.679. The zero-order valence-electron chi connectivity index (χ0n) is 16.3. The molecule has 5 rings (SSSR count). The maximum atomic E-state index is 13.5. The number of para-hydroxylation sites is 1. The molecule has 0 saturated carbocycles. The predicted molar refractivity (Wildman–Crippen MR) is 117 cm³/mol. The van der Waals surface area contributed by atoms with E-state index in [2.05, 4.69) is 10.3 Å². The van der Waals surface area contributed by atoms with Crippen LogP contribution in [0.3, 0.4) is 0 Å². The van der Waals surface area contributed by atoms with Gasteiger partial charge in [0.15, 0.2) is 0 Å². The van der Waals surface area contributed by atoms with Crippen molar-refractivity contribution < 1.29 is 14.0 Å². The molecule has 0 radical (unpaired) electrons. The number of carbonyl (C=O) groups excluding carboxylic acids is 2. The summed E-state index contributed by atoms with van der Waals surface area (Å²) in [6.45, 7) is 0.525. The van der Waals surface area contributed by atoms with E-state index >= 15 is 0 Å². The van der Waals surface area contributed by atoms with Gasteiger partial charge in [0.2, 0.25) is 6.17 Å². The van der Waals surface area contributed by atoms with Gasteiger partial charge in [-0.3, -0.25) is 9.59 Å². The molecular formula is C24H17ClFN3O2. The first kappa shape index (κ1) is 19.5. The lowest BCUT2D eigenvalue weighted by atomic mass is 9.98. The number of nitrogens with zero attached hydrogens (tertiary/aromatic N) is 2. The van der Waals surface area contributed by atoms with Crippen LogP contribution < -0.4 is 10.2 Å². The molecule has 2 aliphatic rings. The van der Waals surface area contributed by atoms with Crippen LogP contribution in [0.4, 0.5) is 10.1 Å². The fourth-order valence-electron chi connectivity index (χ4n) is 4.03. The van der Waals surface area contributed by atoms with Gasteiger partial charge in [-0.2, -0.15) is 0 Å². The Morgan fingerprint density at radius 2 is 1.90 bits per heavy atom. The molecular weight excluding hydrogens is 417 g/mol. The van der Waals surface area contributed by atoms with E-state index in [1.165, 1.54) is 12.1 Å². The lowest BCUT2D eigenvalue weighted by molar-refractivity contribution is -0.120. The van der Waals surface area contributed by atoms with Crippen LogP contribution in [-0.2, 0) is 11.2 Å². The Morgan fingerprint density at radius 1 is 1.10 bits per heavy atom. The number of aliphatic imine (C=N–C) groups is 1. The van der Waals surface area contributed by atoms with E-state index in [1.54, 1.807) is 4.90 Å². The number of hydrogen-bond donors (Lipinski definition) is 1. The monoisotopic (exact) mass is 433 g/mol. The number of nitrogens with one attached hydrogen (secondary N) is 1. The standard InChI is InChI=1S/C24H17ClFN3O2/c25-18-13-16(9-10-19(18)26)23(30)28-22-24(31)29-12-11-15-7-4-8-17(21(15)29)20(27-22)14-5-2-1-3-6-14/h1-10,13,22H,11-12H2,(H,28,30)/t22-/m0/s1. The average Bonchev–Trinajstić information content (AvgIpc) is 3.18. The van der Waals surface area contributed by atoms with Crippen molar-refractivity contribution in [1.29, 1.82) is 0 Å². The fourth-order valence-corrected chi connectivity index (χ4v) is 4.21. The van der Waals surface area contributed by atoms with Crippen molar-refractivity contribution in [2.45, 2.75) is 12.6 Å². The van der Waals surface area contributed by atoms with E-state index in [9.17, 15) is 14.0 Å². The second-order valence-electron chi connectivity index (χ2n) is 7.40. The molecule has 2 amide bonds. The van der Waals surface area contributed by atoms with Gasteiger partial charge in [0.25, 0.3) is 11.8 Å². The molecule has 0 unspecified atom stereocenters. The Morgan fingerprint density at radius 3 is 2.68 bits per heavy atom. The number of amides is 2. The number of hydrogen-bond acceptors (Lipinski definition) is 3. The van der Waals surface area contributed by atoms with Crippen LogP contribution in [0.5, 0.6) is 0 Å². The van der Waals surface area contributed by atoms with Gasteiger partial charge in [-0.05, 0) is 30.2 Å². The molecule has 7 heteroatoms. The minimum absolute atomic E-state index is 0.152. The first-order valence-electron chi connectivity index (χ1n) is 9.86. The highest BCUT2D eigenvalue weighted by atomic mass is 35.5. The molecule has 1 atom stereocenters. The molecule has 31 heavy (non-hydrogen) atoms. The Balaban J connectivity index is 1.59. The van der Waals surface area contributed by atoms with E-state index < -0.39 is 17.9 Å². The van der Waals surface area contributed by atoms with Crippen LogP contribution in [-0.4, -0.2) is 30.2 Å². The molecule has 1 N–H and O–H groups in total. The Labute approximate surface area is 183 Å². The van der Waals surface area contributed by atoms with E-state index in [0.29, 0.717) is 12.3 Å². The number of halogens is 2. The van der Waals surface area contributed by atoms with Gasteiger partial charge in [0.1, 0.15) is 5.82 Å². The van der Waals surface area contributed by atoms with Crippen molar-refractivity contribution in [2.24, 2.45) is 4.99 Å². The van der Waals surface area contributed by atoms with Gasteiger partial charge in [0.05, 0.1) is 16.4 Å². The zero-order valence-corrected chi connectivity index (χ0v) is 17.1. The Hall–Kier alpha value is -3.51. The number of carbonyl (C=O) groups is 2. The molecule has 3 aromatic rings. The minimum Gasteiger partial charge on any atom is -0.322 e. The van der Waals surface area contributed by atoms with Crippen molar-refractivity contribution in [1.82, 2.24) is 5.32 Å². The summed E-state index contributed by atoms with van der Waals surface area (Å²) in [5.41, 5.74) is 4.42. The van der Waals surface area contributed by atoms with Crippen molar-refractivity contribution in [3.05, 3.63) is 99.8 Å². The smallest absolute Gasteiger partial charge is 0.272 e. The van der Waals surface area contributed by atoms with E-state index in [1.807, 2.05) is 48.5 Å². The third kappa shape index (κ3) is 3.39. The summed E-state index contributed by atoms with van der Waals surface area (Å²) in [6, 6.07) is 19.1. The van der Waals surface area contributed by atoms with E-state index in [4.69, 9.17) is 11.6 Å². The molecule has 2 heterocycles. The lowest BCUT2D eigenvalue weighted by Crippen LogP contribution is -2.47. The summed E-state index contributed by atoms with van der Waals surface area (Å²) in [5, 5.41) is 2.53. The largest absolute Gasteiger partial charge is 0.322 e. The maximum absolute atomic E-state index is 13.5. The molecule has 0 bridgehead atoms. The molecule has 0 saturated heterocycles. The second kappa shape index (κ2) is 7.63. The topological polar surface area (TPSA) is 61.8 Å². The molecule has 154 valence electrons. The van der Waals surface area contributed by atoms with E-state index in [-0.39, 0.29) is 16.5 Å². The SMILES string of the molecule is O=C(N[C@@H]1N=C(c2ccccc2)c2cccc3c2N(CC3)C1=O)c1ccc(F)c(Cl)c1. The average molecular weight is 434 g/mol. The maximum Gasteiger partial charge on any atom is 0.272 e. The highest BCUT2D eigenvalue weighted by Crippen LogP contribution is 2.36. The summed E-state index contributed by atoms with van der Waals surface area (Å²) in [4.78, 5) is 32.6. The molecule has 2 aliphatic heterocycles. The van der Waals surface area contributed by atoms with E-state index in [0.717, 1.165) is 34.9 Å². The Bertz CT molecular complexity index is 1240. The molecule has 5 nitrogen and oxygen atoms in total. The molecule has 0 aromatic heterocycles. The fraction of sp³-hybridized carbons (Fsp3) is 0.125. The predicted octanol–water partition coefficient (Wildman–Crippen LogP) is 3.98. The Kier molecular flexibility index (Phi) is 4.79. The number of anilines is 1. The molecule has 0 spiro atoms. The van der Waals surface area contributed by atoms with Crippen LogP contribution in [0, 0.1) is 5.82 Å². The van der Waals surface area contributed by atoms with Crippen molar-refractivity contribution in [2.75, 3.05) is 11.4 Å². The van der Waals surface area contributed by atoms with Crippen LogP contribution in [0.1, 0.15) is 27.0 Å². The number of rotatable bonds is 3. The summed E-state index contributed by atoms with van der Waals surface area (Å²) in [7, 11) is 0. The molecule has 3 aromatic carbocycles. The third-order valence-electron chi connectivity index (χ3n) is 5.50. The van der Waals surface area contributed by atoms with Crippen LogP contribution in [0.25, 0.3) is 0 Å². The molecule has 0 aliphatic carbocycles. The normalized spacial score (nSPS) is 17.1. The van der Waals surface area contributed by atoms with Crippen LogP contribution in [0.2, 0.25) is 5.02 Å². The number of benzene rings is 3. The minimum atomic E-state index is -1.12. The molecule has 0 fully saturated rings. The van der Waals surface area contributed by atoms with Gasteiger partial charge >= 0.3 is 0 Å². The highest BCUT2D eigenvalue weighted by molar-refractivity contribution is 6.31. The van der Waals surface area contributed by atoms with Gasteiger partial charge in [-0.1, -0.05) is 60.1 Å². The highest BCUT2D eigenvalue weighted by Gasteiger charge is 2.37. The first-order chi connectivity index (χ1) is 15.0. The summed E-state index contributed by atoms with van der Waals surface area (Å²) in [5.74, 6) is -1.48. The van der Waals surface area contributed by atoms with Crippen LogP contribution in [0.15, 0.2) is 71.7 Å². The second-order valence-corrected chi connectivity index (χ2v) is 7.81. The van der Waals surface area contributed by atoms with Crippen molar-refractivity contribution in [3.63, 3.8) is 0 Å². The van der Waals surface area contributed by atoms with Gasteiger partial charge in [-0.25, -0.2) is 9.38 Å². The van der Waals surface area contributed by atoms with Gasteiger partial charge in [-0.15, -0.1) is 0 Å². The first-order valence-corrected chi connectivity index (χ1v) is 10.2. The summed E-state index contributed by atoms with van der Waals surface area (Å²) < 4.78 is 13.5. The van der Waals surface area contributed by atoms with Crippen molar-refractivity contribution >= 4 is 34.8 Å². The van der Waals surface area contributed by atoms with Crippen molar-refractivity contribution in [3.8, 4) is 0 Å². The third-order valence-corrected chi connectivity index (χ3v) is 5.79. The summed E-state index contributed by atoms with van der Waals surface area (Å²) >= 11 is 5.81. The lowest BCUT2D eigenvalue weighted by Gasteiger charge is -2.21. The summed E-state index contributed by atoms with van der Waals surface area (Å²) in [6.07, 6.45) is -0.379. The van der Waals surface area contributed by atoms with Gasteiger partial charge in [0, 0.05) is 23.2 Å². The van der Waals surface area contributed by atoms with Gasteiger partial charge < -0.3 is 10.2 Å². The zero-order chi connectivity index (χ0) is 21.5.